The summed E-state index contributed by atoms with van der Waals surface area (Å²) in [5.41, 5.74) is 6.23. The van der Waals surface area contributed by atoms with Crippen LogP contribution < -0.4 is 5.73 Å². The Hall–Kier alpha value is -1.07. The summed E-state index contributed by atoms with van der Waals surface area (Å²) >= 11 is 5.96. The summed E-state index contributed by atoms with van der Waals surface area (Å²) in [4.78, 5) is 12.1. The first-order valence-electron chi connectivity index (χ1n) is 5.01. The number of alkyl halides is 1. The minimum atomic E-state index is -3.69. The van der Waals surface area contributed by atoms with E-state index in [2.05, 4.69) is 0 Å². The highest BCUT2D eigenvalue weighted by atomic mass is 35.5. The average Bonchev–Trinajstić information content (AvgIpc) is 2.26. The van der Waals surface area contributed by atoms with Gasteiger partial charge in [0.2, 0.25) is 4.21 Å². The Morgan fingerprint density at radius 2 is 1.82 bits per heavy atom. The van der Waals surface area contributed by atoms with Crippen molar-refractivity contribution in [3.8, 4) is 0 Å². The van der Waals surface area contributed by atoms with Crippen LogP contribution in [0.15, 0.2) is 24.3 Å². The number of hydrogen-bond donors (Lipinski definition) is 1. The number of Topliss-reactive ketones (excluding diaryl/α,β-unsaturated/α-hetero) is 1. The summed E-state index contributed by atoms with van der Waals surface area (Å²) in [6.07, 6.45) is 0.968. The van der Waals surface area contributed by atoms with Crippen LogP contribution in [0.1, 0.15) is 23.7 Å². The molecule has 1 atom stereocenters. The van der Waals surface area contributed by atoms with E-state index in [4.69, 9.17) is 17.3 Å². The lowest BCUT2D eigenvalue weighted by Crippen LogP contribution is -2.40. The fourth-order valence-electron chi connectivity index (χ4n) is 1.44. The second-order valence-corrected chi connectivity index (χ2v) is 6.92. The Kier molecular flexibility index (Phi) is 3.84. The quantitative estimate of drug-likeness (QED) is 0.517. The van der Waals surface area contributed by atoms with Gasteiger partial charge >= 0.3 is 0 Å². The van der Waals surface area contributed by atoms with Crippen LogP contribution in [0.5, 0.6) is 0 Å². The number of nitrogen functional groups attached to an aromatic ring is 1. The molecule has 0 spiro atoms. The van der Waals surface area contributed by atoms with Crippen LogP contribution in [0.2, 0.25) is 0 Å². The van der Waals surface area contributed by atoms with E-state index in [9.17, 15) is 13.2 Å². The van der Waals surface area contributed by atoms with Crippen LogP contribution in [-0.2, 0) is 9.84 Å². The van der Waals surface area contributed by atoms with Crippen LogP contribution in [0.3, 0.4) is 0 Å². The second-order valence-electron chi connectivity index (χ2n) is 3.81. The zero-order chi connectivity index (χ0) is 13.3. The maximum atomic E-state index is 12.1. The predicted molar refractivity (Wildman–Crippen MR) is 68.9 cm³/mol. The third-order valence-electron chi connectivity index (χ3n) is 2.55. The molecule has 1 rings (SSSR count). The van der Waals surface area contributed by atoms with Gasteiger partial charge < -0.3 is 5.73 Å². The van der Waals surface area contributed by atoms with Gasteiger partial charge in [-0.25, -0.2) is 8.42 Å². The third kappa shape index (κ3) is 2.61. The second kappa shape index (κ2) is 4.66. The lowest BCUT2D eigenvalue weighted by molar-refractivity contribution is 0.0971. The molecule has 4 nitrogen and oxygen atoms in total. The van der Waals surface area contributed by atoms with Crippen molar-refractivity contribution in [1.82, 2.24) is 0 Å². The van der Waals surface area contributed by atoms with Gasteiger partial charge in [0.1, 0.15) is 0 Å². The van der Waals surface area contributed by atoms with E-state index in [0.29, 0.717) is 5.69 Å². The molecule has 0 aromatic heterocycles. The number of rotatable bonds is 4. The molecule has 0 aliphatic heterocycles. The van der Waals surface area contributed by atoms with Gasteiger partial charge in [0.15, 0.2) is 15.6 Å². The molecule has 0 saturated heterocycles. The van der Waals surface area contributed by atoms with Gasteiger partial charge in [-0.1, -0.05) is 18.5 Å². The van der Waals surface area contributed by atoms with Gasteiger partial charge in [0, 0.05) is 17.5 Å². The molecule has 0 saturated carbocycles. The molecule has 0 aliphatic rings. The first kappa shape index (κ1) is 14.0. The van der Waals surface area contributed by atoms with Crippen molar-refractivity contribution >= 4 is 32.9 Å². The number of ketones is 1. The summed E-state index contributed by atoms with van der Waals surface area (Å²) in [5.74, 6) is -0.621. The van der Waals surface area contributed by atoms with E-state index in [-0.39, 0.29) is 12.0 Å². The number of carbonyl (C=O) groups is 1. The lowest BCUT2D eigenvalue weighted by atomic mass is 10.1. The summed E-state index contributed by atoms with van der Waals surface area (Å²) in [7, 11) is -3.69. The van der Waals surface area contributed by atoms with Crippen molar-refractivity contribution in [3.05, 3.63) is 29.8 Å². The van der Waals surface area contributed by atoms with Gasteiger partial charge in [-0.2, -0.15) is 0 Å². The number of halogens is 1. The molecular weight excluding hydrogens is 262 g/mol. The largest absolute Gasteiger partial charge is 0.399 e. The maximum absolute atomic E-state index is 12.1. The van der Waals surface area contributed by atoms with E-state index in [1.54, 1.807) is 6.92 Å². The fourth-order valence-corrected chi connectivity index (χ4v) is 2.53. The molecule has 1 aromatic rings. The first-order chi connectivity index (χ1) is 7.72. The molecule has 0 fully saturated rings. The molecule has 0 aliphatic carbocycles. The number of hydrogen-bond acceptors (Lipinski definition) is 4. The predicted octanol–water partition coefficient (Wildman–Crippen LogP) is 1.84. The van der Waals surface area contributed by atoms with Gasteiger partial charge in [-0.15, -0.1) is 0 Å². The minimum absolute atomic E-state index is 0.0105. The lowest BCUT2D eigenvalue weighted by Gasteiger charge is -2.21. The highest BCUT2D eigenvalue weighted by molar-refractivity contribution is 7.94. The Morgan fingerprint density at radius 3 is 2.18 bits per heavy atom. The third-order valence-corrected chi connectivity index (χ3v) is 5.48. The molecule has 0 heterocycles. The SMILES string of the molecule is CCC(Cl)(C(=O)c1ccc(N)cc1)S(C)(=O)=O. The maximum Gasteiger partial charge on any atom is 0.207 e. The van der Waals surface area contributed by atoms with Gasteiger partial charge in [-0.3, -0.25) is 4.79 Å². The van der Waals surface area contributed by atoms with Crippen LogP contribution in [0, 0.1) is 0 Å². The van der Waals surface area contributed by atoms with Crippen molar-refractivity contribution in [2.75, 3.05) is 12.0 Å². The van der Waals surface area contributed by atoms with Gasteiger partial charge in [0.25, 0.3) is 0 Å². The molecule has 6 heteroatoms. The molecule has 17 heavy (non-hydrogen) atoms. The van der Waals surface area contributed by atoms with Gasteiger partial charge in [0.05, 0.1) is 0 Å². The first-order valence-corrected chi connectivity index (χ1v) is 7.28. The standard InChI is InChI=1S/C11H14ClNO3S/c1-3-11(12,17(2,15)16)10(14)8-4-6-9(13)7-5-8/h4-7H,3,13H2,1-2H3. The Bertz CT molecular complexity index is 524. The molecule has 0 bridgehead atoms. The number of benzene rings is 1. The van der Waals surface area contributed by atoms with Crippen molar-refractivity contribution in [2.24, 2.45) is 0 Å². The van der Waals surface area contributed by atoms with Crippen LogP contribution >= 0.6 is 11.6 Å². The van der Waals surface area contributed by atoms with E-state index in [1.165, 1.54) is 24.3 Å². The van der Waals surface area contributed by atoms with Crippen molar-refractivity contribution in [3.63, 3.8) is 0 Å². The minimum Gasteiger partial charge on any atom is -0.399 e. The van der Waals surface area contributed by atoms with E-state index in [0.717, 1.165) is 6.26 Å². The van der Waals surface area contributed by atoms with E-state index < -0.39 is 19.8 Å². The number of sulfone groups is 1. The zero-order valence-corrected chi connectivity index (χ0v) is 11.2. The normalized spacial score (nSPS) is 15.2. The van der Waals surface area contributed by atoms with Crippen LogP contribution in [-0.4, -0.2) is 24.7 Å². The summed E-state index contributed by atoms with van der Waals surface area (Å²) in [6, 6.07) is 6.00. The smallest absolute Gasteiger partial charge is 0.207 e. The van der Waals surface area contributed by atoms with Crippen molar-refractivity contribution < 1.29 is 13.2 Å². The summed E-state index contributed by atoms with van der Waals surface area (Å²) < 4.78 is 21.3. The fraction of sp³-hybridized carbons (Fsp3) is 0.364. The van der Waals surface area contributed by atoms with Gasteiger partial charge in [-0.05, 0) is 30.7 Å². The van der Waals surface area contributed by atoms with Crippen molar-refractivity contribution in [1.29, 1.82) is 0 Å². The number of anilines is 1. The molecular formula is C11H14ClNO3S. The van der Waals surface area contributed by atoms with Crippen molar-refractivity contribution in [2.45, 2.75) is 17.6 Å². The summed E-state index contributed by atoms with van der Waals surface area (Å²) in [5, 5.41) is 0. The number of nitrogens with two attached hydrogens (primary N) is 1. The summed E-state index contributed by atoms with van der Waals surface area (Å²) in [6.45, 7) is 1.56. The number of carbonyl (C=O) groups excluding carboxylic acids is 1. The molecule has 94 valence electrons. The topological polar surface area (TPSA) is 77.2 Å². The molecule has 2 N–H and O–H groups in total. The Morgan fingerprint density at radius 1 is 1.35 bits per heavy atom. The van der Waals surface area contributed by atoms with E-state index >= 15 is 0 Å². The molecule has 1 aromatic carbocycles. The van der Waals surface area contributed by atoms with Crippen LogP contribution in [0.25, 0.3) is 0 Å². The van der Waals surface area contributed by atoms with E-state index in [1.807, 2.05) is 0 Å². The monoisotopic (exact) mass is 275 g/mol. The Labute approximate surface area is 106 Å². The zero-order valence-electron chi connectivity index (χ0n) is 9.60. The van der Waals surface area contributed by atoms with Crippen LogP contribution in [0.4, 0.5) is 5.69 Å². The molecule has 0 radical (unpaired) electrons. The average molecular weight is 276 g/mol. The molecule has 0 amide bonds. The highest BCUT2D eigenvalue weighted by Crippen LogP contribution is 2.30. The highest BCUT2D eigenvalue weighted by Gasteiger charge is 2.44. The molecule has 1 unspecified atom stereocenters. The Balaban J connectivity index is 3.24.